The number of allylic oxidation sites excluding steroid dienone is 6. The lowest BCUT2D eigenvalue weighted by molar-refractivity contribution is 0.387. The van der Waals surface area contributed by atoms with Crippen molar-refractivity contribution in [3.63, 3.8) is 0 Å². The van der Waals surface area contributed by atoms with Crippen LogP contribution in [0.5, 0.6) is 0 Å². The monoisotopic (exact) mass is 620 g/mol. The van der Waals surface area contributed by atoms with Gasteiger partial charge in [0.1, 0.15) is 6.17 Å². The van der Waals surface area contributed by atoms with Crippen molar-refractivity contribution in [3.05, 3.63) is 192 Å². The Balaban J connectivity index is 1.21. The summed E-state index contributed by atoms with van der Waals surface area (Å²) in [4.78, 5) is 2.46. The molecule has 48 heavy (non-hydrogen) atoms. The van der Waals surface area contributed by atoms with Gasteiger partial charge >= 0.3 is 0 Å². The van der Waals surface area contributed by atoms with Crippen LogP contribution < -0.4 is 10.2 Å². The maximum Gasteiger partial charge on any atom is 0.130 e. The highest BCUT2D eigenvalue weighted by atomic mass is 15.3. The van der Waals surface area contributed by atoms with Gasteiger partial charge in [-0.1, -0.05) is 152 Å². The van der Waals surface area contributed by atoms with Crippen molar-refractivity contribution in [3.8, 4) is 11.1 Å². The number of fused-ring (bicyclic) bond motifs is 3. The first-order chi connectivity index (χ1) is 23.7. The van der Waals surface area contributed by atoms with Crippen LogP contribution in [0.2, 0.25) is 0 Å². The van der Waals surface area contributed by atoms with E-state index in [1.807, 2.05) is 0 Å². The molecular weight excluding hydrogens is 581 g/mol. The molecule has 3 aliphatic carbocycles. The summed E-state index contributed by atoms with van der Waals surface area (Å²) in [6, 6.07) is 50.9. The first-order valence-electron chi connectivity index (χ1n) is 17.5. The van der Waals surface area contributed by atoms with Crippen LogP contribution in [0.15, 0.2) is 181 Å². The van der Waals surface area contributed by atoms with Gasteiger partial charge in [-0.3, -0.25) is 0 Å². The van der Waals surface area contributed by atoms with Crippen LogP contribution in [-0.2, 0) is 0 Å². The van der Waals surface area contributed by atoms with Gasteiger partial charge in [-0.2, -0.15) is 0 Å². The minimum atomic E-state index is -0.203. The number of rotatable bonds is 5. The van der Waals surface area contributed by atoms with E-state index in [4.69, 9.17) is 0 Å². The molecule has 9 rings (SSSR count). The van der Waals surface area contributed by atoms with E-state index in [0.29, 0.717) is 5.92 Å². The molecule has 4 atom stereocenters. The summed E-state index contributed by atoms with van der Waals surface area (Å²) in [5.74, 6) is 0.661. The Bertz CT molecular complexity index is 2090. The summed E-state index contributed by atoms with van der Waals surface area (Å²) in [5.41, 5.74) is 14.5. The molecule has 1 aliphatic heterocycles. The summed E-state index contributed by atoms with van der Waals surface area (Å²) < 4.78 is 0. The first-order valence-corrected chi connectivity index (χ1v) is 17.5. The van der Waals surface area contributed by atoms with Crippen LogP contribution in [0.3, 0.4) is 0 Å². The number of hydrogen-bond donors (Lipinski definition) is 1. The minimum Gasteiger partial charge on any atom is -0.359 e. The maximum absolute atomic E-state index is 3.91. The maximum atomic E-state index is 3.91. The van der Waals surface area contributed by atoms with E-state index in [1.54, 1.807) is 5.57 Å². The predicted octanol–water partition coefficient (Wildman–Crippen LogP) is 11.7. The van der Waals surface area contributed by atoms with Crippen molar-refractivity contribution in [1.82, 2.24) is 0 Å². The topological polar surface area (TPSA) is 15.3 Å². The van der Waals surface area contributed by atoms with Crippen molar-refractivity contribution >= 4 is 22.6 Å². The molecule has 0 saturated heterocycles. The fourth-order valence-electron chi connectivity index (χ4n) is 8.86. The summed E-state index contributed by atoms with van der Waals surface area (Å²) in [7, 11) is 0. The molecule has 0 fully saturated rings. The highest BCUT2D eigenvalue weighted by Crippen LogP contribution is 2.62. The van der Waals surface area contributed by atoms with Gasteiger partial charge in [0, 0.05) is 22.9 Å². The molecule has 0 spiro atoms. The average Bonchev–Trinajstić information content (AvgIpc) is 3.54. The van der Waals surface area contributed by atoms with Crippen LogP contribution >= 0.6 is 0 Å². The third-order valence-corrected chi connectivity index (χ3v) is 11.1. The molecule has 5 aromatic rings. The van der Waals surface area contributed by atoms with Gasteiger partial charge in [0.05, 0.1) is 11.4 Å². The van der Waals surface area contributed by atoms with E-state index in [2.05, 4.69) is 181 Å². The summed E-state index contributed by atoms with van der Waals surface area (Å²) >= 11 is 0. The molecule has 4 unspecified atom stereocenters. The highest BCUT2D eigenvalue weighted by Gasteiger charge is 2.49. The smallest absolute Gasteiger partial charge is 0.130 e. The Hall–Kier alpha value is -5.34. The SMILES string of the molecule is CC12C=CC(C3Nc4ccccc4N3c3ccccc3)=CC1=C(c1ccccc1)C1CCCC=C1C2c1ccc(-c2ccccc2)cc1. The van der Waals surface area contributed by atoms with Crippen LogP contribution in [0.1, 0.15) is 43.2 Å². The van der Waals surface area contributed by atoms with Crippen LogP contribution in [0, 0.1) is 11.3 Å². The second-order valence-electron chi connectivity index (χ2n) is 13.8. The van der Waals surface area contributed by atoms with Crippen molar-refractivity contribution in [2.24, 2.45) is 11.3 Å². The Morgan fingerprint density at radius 2 is 1.33 bits per heavy atom. The largest absolute Gasteiger partial charge is 0.359 e. The second kappa shape index (κ2) is 11.7. The molecule has 0 radical (unpaired) electrons. The van der Waals surface area contributed by atoms with Gasteiger partial charge in [-0.05, 0) is 82.5 Å². The van der Waals surface area contributed by atoms with Crippen LogP contribution in [-0.4, -0.2) is 6.17 Å². The zero-order chi connectivity index (χ0) is 32.1. The Morgan fingerprint density at radius 1 is 0.688 bits per heavy atom. The lowest BCUT2D eigenvalue weighted by Gasteiger charge is -2.50. The first kappa shape index (κ1) is 28.8. The number of hydrogen-bond acceptors (Lipinski definition) is 2. The standard InChI is InChI=1S/C46H40N2/c1-46-30-29-36(45-47-41-23-13-14-24-42(41)48(45)37-19-9-4-10-20-37)31-40(46)43(34-17-7-3-8-18-34)38-21-11-12-22-39(38)44(46)35-27-25-33(26-28-35)32-15-5-2-6-16-32/h2-10,13-20,22-31,38,44-45,47H,11-12,21H2,1H3. The van der Waals surface area contributed by atoms with Crippen molar-refractivity contribution in [2.75, 3.05) is 10.2 Å². The van der Waals surface area contributed by atoms with E-state index in [0.717, 1.165) is 6.42 Å². The molecule has 0 aromatic heterocycles. The number of para-hydroxylation sites is 3. The van der Waals surface area contributed by atoms with E-state index in [-0.39, 0.29) is 17.5 Å². The highest BCUT2D eigenvalue weighted by molar-refractivity contribution is 5.86. The Labute approximate surface area is 284 Å². The molecule has 0 saturated carbocycles. The second-order valence-corrected chi connectivity index (χ2v) is 13.8. The van der Waals surface area contributed by atoms with Gasteiger partial charge in [0.25, 0.3) is 0 Å². The number of anilines is 3. The molecule has 1 heterocycles. The molecular formula is C46H40N2. The summed E-state index contributed by atoms with van der Waals surface area (Å²) in [6.07, 6.45) is 13.6. The number of nitrogens with one attached hydrogen (secondary N) is 1. The molecule has 2 nitrogen and oxygen atoms in total. The van der Waals surface area contributed by atoms with E-state index in [9.17, 15) is 0 Å². The zero-order valence-corrected chi connectivity index (χ0v) is 27.4. The fraction of sp³-hybridized carbons (Fsp3) is 0.174. The van der Waals surface area contributed by atoms with E-state index >= 15 is 0 Å². The molecule has 0 amide bonds. The van der Waals surface area contributed by atoms with E-state index in [1.165, 1.54) is 68.9 Å². The predicted molar refractivity (Wildman–Crippen MR) is 201 cm³/mol. The van der Waals surface area contributed by atoms with Gasteiger partial charge < -0.3 is 10.2 Å². The fourth-order valence-corrected chi connectivity index (χ4v) is 8.86. The molecule has 5 aromatic carbocycles. The average molecular weight is 621 g/mol. The van der Waals surface area contributed by atoms with Gasteiger partial charge in [-0.25, -0.2) is 0 Å². The van der Waals surface area contributed by atoms with Gasteiger partial charge in [0.2, 0.25) is 0 Å². The summed E-state index contributed by atoms with van der Waals surface area (Å²) in [5, 5.41) is 3.91. The number of nitrogens with zero attached hydrogens (tertiary/aromatic N) is 1. The Morgan fingerprint density at radius 3 is 2.08 bits per heavy atom. The third kappa shape index (κ3) is 4.70. The van der Waals surface area contributed by atoms with Crippen LogP contribution in [0.4, 0.5) is 17.1 Å². The Kier molecular flexibility index (Phi) is 7.04. The van der Waals surface area contributed by atoms with Gasteiger partial charge in [0.15, 0.2) is 0 Å². The summed E-state index contributed by atoms with van der Waals surface area (Å²) in [6.45, 7) is 2.49. The van der Waals surface area contributed by atoms with Crippen molar-refractivity contribution in [1.29, 1.82) is 0 Å². The van der Waals surface area contributed by atoms with Crippen molar-refractivity contribution in [2.45, 2.75) is 38.3 Å². The zero-order valence-electron chi connectivity index (χ0n) is 27.4. The van der Waals surface area contributed by atoms with Crippen molar-refractivity contribution < 1.29 is 0 Å². The molecule has 4 aliphatic rings. The molecule has 2 heteroatoms. The lowest BCUT2D eigenvalue weighted by Crippen LogP contribution is -2.40. The van der Waals surface area contributed by atoms with Gasteiger partial charge in [-0.15, -0.1) is 0 Å². The lowest BCUT2D eigenvalue weighted by atomic mass is 9.53. The molecule has 0 bridgehead atoms. The quantitative estimate of drug-likeness (QED) is 0.197. The minimum absolute atomic E-state index is 0.0120. The van der Waals surface area contributed by atoms with Crippen LogP contribution in [0.25, 0.3) is 16.7 Å². The molecule has 1 N–H and O–H groups in total. The third-order valence-electron chi connectivity index (χ3n) is 11.1. The number of benzene rings is 5. The normalized spacial score (nSPS) is 24.2. The molecule has 234 valence electrons. The van der Waals surface area contributed by atoms with E-state index < -0.39 is 0 Å².